The molecule has 0 radical (unpaired) electrons. The highest BCUT2D eigenvalue weighted by atomic mass is 35.5. The summed E-state index contributed by atoms with van der Waals surface area (Å²) < 4.78 is 0. The van der Waals surface area contributed by atoms with Gasteiger partial charge in [0, 0.05) is 6.42 Å². The Kier molecular flexibility index (Phi) is 20.4. The number of phenols is 1. The summed E-state index contributed by atoms with van der Waals surface area (Å²) in [6.07, 6.45) is 23.2. The Labute approximate surface area is 265 Å². The first-order valence-electron chi connectivity index (χ1n) is 14.0. The van der Waals surface area contributed by atoms with Gasteiger partial charge in [0.25, 0.3) is 0 Å². The van der Waals surface area contributed by atoms with Crippen LogP contribution in [0.4, 0.5) is 0 Å². The third kappa shape index (κ3) is 15.0. The fourth-order valence-electron chi connectivity index (χ4n) is 3.83. The summed E-state index contributed by atoms with van der Waals surface area (Å²) in [5.41, 5.74) is 1.16. The quantitative estimate of drug-likeness (QED) is 0.0823. The number of rotatable bonds is 16. The Hall–Kier alpha value is -1.36. The lowest BCUT2D eigenvalue weighted by atomic mass is 10.1. The summed E-state index contributed by atoms with van der Waals surface area (Å²) in [7, 11) is 0. The van der Waals surface area contributed by atoms with Crippen molar-refractivity contribution < 1.29 is 9.90 Å². The van der Waals surface area contributed by atoms with E-state index in [4.69, 9.17) is 58.0 Å². The van der Waals surface area contributed by atoms with Crippen LogP contribution in [0.25, 0.3) is 0 Å². The zero-order valence-electron chi connectivity index (χ0n) is 23.5. The molecular formula is C32H42Cl5NO2. The fourth-order valence-corrected chi connectivity index (χ4v) is 4.96. The smallest absolute Gasteiger partial charge is 0.220 e. The van der Waals surface area contributed by atoms with Gasteiger partial charge in [-0.2, -0.15) is 0 Å². The number of phenolic OH excluding ortho intramolecular Hbond substituents is 1. The van der Waals surface area contributed by atoms with Crippen LogP contribution in [0, 0.1) is 0 Å². The van der Waals surface area contributed by atoms with E-state index in [1.165, 1.54) is 51.4 Å². The second kappa shape index (κ2) is 22.3. The molecule has 3 nitrogen and oxygen atoms in total. The normalized spacial score (nSPS) is 12.0. The first-order chi connectivity index (χ1) is 19.2. The molecule has 2 N–H and O–H groups in total. The van der Waals surface area contributed by atoms with Gasteiger partial charge in [-0.1, -0.05) is 152 Å². The number of hydrogen-bond acceptors (Lipinski definition) is 2. The number of carbonyl (C=O) groups excluding carboxylic acids is 1. The lowest BCUT2D eigenvalue weighted by molar-refractivity contribution is -0.121. The van der Waals surface area contributed by atoms with E-state index >= 15 is 0 Å². The summed E-state index contributed by atoms with van der Waals surface area (Å²) >= 11 is 27.9. The average Bonchev–Trinajstić information content (AvgIpc) is 2.96. The summed E-state index contributed by atoms with van der Waals surface area (Å²) in [5.74, 6) is -0.195. The van der Waals surface area contributed by atoms with Crippen LogP contribution in [-0.4, -0.2) is 11.0 Å². The lowest BCUT2D eigenvalue weighted by Crippen LogP contribution is -2.26. The van der Waals surface area contributed by atoms with Gasteiger partial charge in [-0.3, -0.25) is 4.79 Å². The molecule has 0 saturated carbocycles. The number of unbranched alkanes of at least 4 members (excludes halogenated alkanes) is 8. The second-order valence-corrected chi connectivity index (χ2v) is 11.5. The van der Waals surface area contributed by atoms with E-state index in [0.717, 1.165) is 24.8 Å². The van der Waals surface area contributed by atoms with E-state index in [0.29, 0.717) is 6.42 Å². The van der Waals surface area contributed by atoms with Crippen LogP contribution >= 0.6 is 58.0 Å². The topological polar surface area (TPSA) is 49.3 Å². The molecule has 0 fully saturated rings. The third-order valence-corrected chi connectivity index (χ3v) is 8.47. The molecule has 1 unspecified atom stereocenters. The number of allylic oxidation sites excluding steroid dienone is 4. The van der Waals surface area contributed by atoms with Gasteiger partial charge in [-0.05, 0) is 51.0 Å². The summed E-state index contributed by atoms with van der Waals surface area (Å²) in [6, 6.07) is 10.2. The number of hydrogen-bond donors (Lipinski definition) is 2. The Morgan fingerprint density at radius 1 is 0.750 bits per heavy atom. The van der Waals surface area contributed by atoms with Crippen LogP contribution < -0.4 is 5.32 Å². The molecule has 0 aromatic heterocycles. The number of amides is 1. The Balaban J connectivity index is 0.000000552. The molecule has 0 aliphatic carbocycles. The molecule has 1 atom stereocenters. The Morgan fingerprint density at radius 3 is 1.82 bits per heavy atom. The monoisotopic (exact) mass is 647 g/mol. The predicted octanol–water partition coefficient (Wildman–Crippen LogP) is 12.3. The van der Waals surface area contributed by atoms with E-state index in [1.807, 2.05) is 25.1 Å². The largest absolute Gasteiger partial charge is 0.505 e. The number of halogens is 5. The maximum absolute atomic E-state index is 12.0. The molecule has 1 amide bonds. The van der Waals surface area contributed by atoms with Crippen molar-refractivity contribution in [2.24, 2.45) is 0 Å². The highest BCUT2D eigenvalue weighted by Crippen LogP contribution is 2.47. The van der Waals surface area contributed by atoms with Crippen LogP contribution in [0.15, 0.2) is 54.6 Å². The molecule has 0 spiro atoms. The van der Waals surface area contributed by atoms with Crippen LogP contribution in [-0.2, 0) is 4.79 Å². The summed E-state index contributed by atoms with van der Waals surface area (Å²) in [5, 5.41) is 12.1. The Morgan fingerprint density at radius 2 is 1.25 bits per heavy atom. The van der Waals surface area contributed by atoms with Crippen LogP contribution in [0.2, 0.25) is 25.1 Å². The maximum Gasteiger partial charge on any atom is 0.220 e. The highest BCUT2D eigenvalue weighted by Gasteiger charge is 2.18. The van der Waals surface area contributed by atoms with Crippen molar-refractivity contribution in [2.75, 3.05) is 0 Å². The maximum atomic E-state index is 12.0. The minimum Gasteiger partial charge on any atom is -0.505 e. The number of carbonyl (C=O) groups is 1. The highest BCUT2D eigenvalue weighted by molar-refractivity contribution is 6.55. The number of nitrogens with one attached hydrogen (secondary N) is 1. The molecule has 0 aliphatic rings. The van der Waals surface area contributed by atoms with Crippen molar-refractivity contribution in [2.45, 2.75) is 96.9 Å². The van der Waals surface area contributed by atoms with Crippen molar-refractivity contribution in [3.63, 3.8) is 0 Å². The fraction of sp³-hybridized carbons (Fsp3) is 0.469. The molecule has 2 aromatic carbocycles. The van der Waals surface area contributed by atoms with Gasteiger partial charge in [0.05, 0.1) is 21.1 Å². The molecule has 2 aromatic rings. The summed E-state index contributed by atoms with van der Waals surface area (Å²) in [6.45, 7) is 4.29. The van der Waals surface area contributed by atoms with Crippen molar-refractivity contribution >= 4 is 63.9 Å². The van der Waals surface area contributed by atoms with Crippen LogP contribution in [0.5, 0.6) is 5.75 Å². The number of benzene rings is 2. The van der Waals surface area contributed by atoms with E-state index in [2.05, 4.69) is 48.7 Å². The second-order valence-electron chi connectivity index (χ2n) is 9.60. The third-order valence-electron chi connectivity index (χ3n) is 6.22. The van der Waals surface area contributed by atoms with Gasteiger partial charge < -0.3 is 10.4 Å². The molecule has 222 valence electrons. The van der Waals surface area contributed by atoms with Crippen molar-refractivity contribution in [3.8, 4) is 5.75 Å². The zero-order chi connectivity index (χ0) is 29.8. The minimum absolute atomic E-state index is 0.00904. The van der Waals surface area contributed by atoms with E-state index in [9.17, 15) is 9.90 Å². The van der Waals surface area contributed by atoms with Crippen molar-refractivity contribution in [1.82, 2.24) is 5.32 Å². The SMILES string of the molecule is CCCCC/C=C\C/C=C\CCCCCCCC(=O)NC(C)c1ccccc1.Oc1c(Cl)c(Cl)c(Cl)c(Cl)c1Cl. The molecule has 0 saturated heterocycles. The van der Waals surface area contributed by atoms with Gasteiger partial charge in [0.1, 0.15) is 10.0 Å². The zero-order valence-corrected chi connectivity index (χ0v) is 27.3. The standard InChI is InChI=1S/C26H41NO.C6HCl5O/c1-3-4-5-6-7-8-9-10-11-12-13-14-15-16-20-23-26(28)27-24(2)25-21-18-17-19-22-25;7-1-2(8)4(10)6(12)5(11)3(1)9/h7-8,10-11,17-19,21-22,24H,3-6,9,12-16,20,23H2,1-2H3,(H,27,28);12H/b8-7-,11-10-;. The van der Waals surface area contributed by atoms with Crippen molar-refractivity contribution in [1.29, 1.82) is 0 Å². The average molecular weight is 650 g/mol. The minimum atomic E-state index is -0.363. The molecular weight excluding hydrogens is 608 g/mol. The van der Waals surface area contributed by atoms with Crippen molar-refractivity contribution in [3.05, 3.63) is 85.3 Å². The molecule has 2 rings (SSSR count). The molecule has 40 heavy (non-hydrogen) atoms. The van der Waals surface area contributed by atoms with Crippen LogP contribution in [0.1, 0.15) is 103 Å². The van der Waals surface area contributed by atoms with Gasteiger partial charge in [-0.25, -0.2) is 0 Å². The van der Waals surface area contributed by atoms with E-state index in [-0.39, 0.29) is 42.8 Å². The summed E-state index contributed by atoms with van der Waals surface area (Å²) in [4.78, 5) is 12.0. The predicted molar refractivity (Wildman–Crippen MR) is 176 cm³/mol. The van der Waals surface area contributed by atoms with Gasteiger partial charge in [0.15, 0.2) is 5.75 Å². The first kappa shape index (κ1) is 36.7. The molecule has 8 heteroatoms. The first-order valence-corrected chi connectivity index (χ1v) is 15.9. The van der Waals surface area contributed by atoms with Gasteiger partial charge in [-0.15, -0.1) is 0 Å². The van der Waals surface area contributed by atoms with Crippen LogP contribution in [0.3, 0.4) is 0 Å². The van der Waals surface area contributed by atoms with E-state index in [1.54, 1.807) is 0 Å². The Bertz CT molecular complexity index is 952. The molecule has 0 heterocycles. The molecule has 0 aliphatic heterocycles. The molecule has 0 bridgehead atoms. The lowest BCUT2D eigenvalue weighted by Gasteiger charge is -2.14. The van der Waals surface area contributed by atoms with Gasteiger partial charge >= 0.3 is 0 Å². The van der Waals surface area contributed by atoms with E-state index < -0.39 is 0 Å². The number of aromatic hydroxyl groups is 1. The van der Waals surface area contributed by atoms with Gasteiger partial charge in [0.2, 0.25) is 5.91 Å².